The molecule has 1 heterocycles. The second kappa shape index (κ2) is 6.56. The lowest BCUT2D eigenvalue weighted by Crippen LogP contribution is -2.48. The smallest absolute Gasteiger partial charge is 0.328 e. The Kier molecular flexibility index (Phi) is 4.77. The van der Waals surface area contributed by atoms with Crippen LogP contribution in [0.2, 0.25) is 0 Å². The first kappa shape index (κ1) is 15.3. The lowest BCUT2D eigenvalue weighted by molar-refractivity contribution is -0.147. The molecule has 1 amide bonds. The molecule has 0 bridgehead atoms. The van der Waals surface area contributed by atoms with E-state index in [0.717, 1.165) is 12.8 Å². The first-order valence-corrected chi connectivity index (χ1v) is 6.80. The van der Waals surface area contributed by atoms with Crippen LogP contribution in [0.4, 0.5) is 4.39 Å². The van der Waals surface area contributed by atoms with Gasteiger partial charge in [0.2, 0.25) is 0 Å². The average molecular weight is 295 g/mol. The summed E-state index contributed by atoms with van der Waals surface area (Å²) >= 11 is 0. The van der Waals surface area contributed by atoms with Crippen LogP contribution < -0.4 is 4.74 Å². The van der Waals surface area contributed by atoms with Crippen LogP contribution in [0.3, 0.4) is 0 Å². The van der Waals surface area contributed by atoms with E-state index in [1.54, 1.807) is 0 Å². The minimum atomic E-state index is -0.577. The maximum absolute atomic E-state index is 13.4. The number of halogens is 1. The molecule has 0 aliphatic carbocycles. The summed E-state index contributed by atoms with van der Waals surface area (Å²) in [7, 11) is 2.64. The Morgan fingerprint density at radius 2 is 2.05 bits per heavy atom. The molecule has 0 aromatic heterocycles. The Labute approximate surface area is 122 Å². The fourth-order valence-electron chi connectivity index (χ4n) is 2.51. The second-order valence-electron chi connectivity index (χ2n) is 4.88. The zero-order valence-electron chi connectivity index (χ0n) is 12.1. The van der Waals surface area contributed by atoms with Crippen molar-refractivity contribution in [2.45, 2.75) is 25.3 Å². The standard InChI is InChI=1S/C15H18FNO4/c1-20-13-9-10(6-7-11(13)16)14(18)17-8-4-3-5-12(17)15(19)21-2/h6-7,9,12H,3-5,8H2,1-2H3. The minimum absolute atomic E-state index is 0.00692. The SMILES string of the molecule is COC(=O)C1CCCCN1C(=O)c1ccc(F)c(OC)c1. The van der Waals surface area contributed by atoms with E-state index in [1.165, 1.54) is 37.3 Å². The number of likely N-dealkylation sites (tertiary alicyclic amines) is 1. The zero-order valence-corrected chi connectivity index (χ0v) is 12.1. The lowest BCUT2D eigenvalue weighted by Gasteiger charge is -2.33. The third kappa shape index (κ3) is 3.15. The predicted molar refractivity (Wildman–Crippen MR) is 73.6 cm³/mol. The molecule has 1 aliphatic heterocycles. The molecule has 1 unspecified atom stereocenters. The molecule has 1 aliphatic rings. The Bertz CT molecular complexity index is 546. The highest BCUT2D eigenvalue weighted by Gasteiger charge is 2.33. The van der Waals surface area contributed by atoms with Gasteiger partial charge in [0.25, 0.3) is 5.91 Å². The first-order chi connectivity index (χ1) is 10.1. The molecular formula is C15H18FNO4. The van der Waals surface area contributed by atoms with Gasteiger partial charge in [0.15, 0.2) is 11.6 Å². The fraction of sp³-hybridized carbons (Fsp3) is 0.467. The normalized spacial score (nSPS) is 18.2. The van der Waals surface area contributed by atoms with Crippen LogP contribution in [-0.4, -0.2) is 43.6 Å². The summed E-state index contributed by atoms with van der Waals surface area (Å²) in [5.41, 5.74) is 0.295. The number of hydrogen-bond acceptors (Lipinski definition) is 4. The maximum Gasteiger partial charge on any atom is 0.328 e. The predicted octanol–water partition coefficient (Wildman–Crippen LogP) is 2.00. The molecule has 2 rings (SSSR count). The molecule has 1 fully saturated rings. The molecule has 1 aromatic carbocycles. The van der Waals surface area contributed by atoms with Gasteiger partial charge in [-0.25, -0.2) is 9.18 Å². The maximum atomic E-state index is 13.4. The highest BCUT2D eigenvalue weighted by atomic mass is 19.1. The van der Waals surface area contributed by atoms with Crippen LogP contribution in [0.1, 0.15) is 29.6 Å². The average Bonchev–Trinajstić information content (AvgIpc) is 2.54. The van der Waals surface area contributed by atoms with Gasteiger partial charge in [-0.15, -0.1) is 0 Å². The molecule has 1 saturated heterocycles. The van der Waals surface area contributed by atoms with Gasteiger partial charge in [0.1, 0.15) is 6.04 Å². The van der Waals surface area contributed by atoms with Crippen LogP contribution in [0.15, 0.2) is 18.2 Å². The molecule has 1 atom stereocenters. The van der Waals surface area contributed by atoms with Crippen molar-refractivity contribution in [3.8, 4) is 5.75 Å². The van der Waals surface area contributed by atoms with Crippen LogP contribution in [0, 0.1) is 5.82 Å². The molecule has 6 heteroatoms. The largest absolute Gasteiger partial charge is 0.494 e. The molecule has 0 spiro atoms. The number of ether oxygens (including phenoxy) is 2. The topological polar surface area (TPSA) is 55.8 Å². The zero-order chi connectivity index (χ0) is 15.4. The van der Waals surface area contributed by atoms with Crippen molar-refractivity contribution in [2.75, 3.05) is 20.8 Å². The highest BCUT2D eigenvalue weighted by molar-refractivity contribution is 5.97. The van der Waals surface area contributed by atoms with Gasteiger partial charge in [-0.05, 0) is 37.5 Å². The molecule has 21 heavy (non-hydrogen) atoms. The van der Waals surface area contributed by atoms with Crippen molar-refractivity contribution in [3.63, 3.8) is 0 Å². The van der Waals surface area contributed by atoms with Gasteiger partial charge in [0, 0.05) is 12.1 Å². The monoisotopic (exact) mass is 295 g/mol. The number of carbonyl (C=O) groups excluding carboxylic acids is 2. The molecule has 0 N–H and O–H groups in total. The summed E-state index contributed by atoms with van der Waals surface area (Å²) in [6.45, 7) is 0.484. The van der Waals surface area contributed by atoms with E-state index in [1.807, 2.05) is 0 Å². The van der Waals surface area contributed by atoms with E-state index < -0.39 is 17.8 Å². The molecule has 1 aromatic rings. The number of nitrogens with zero attached hydrogens (tertiary/aromatic N) is 1. The number of rotatable bonds is 3. The van der Waals surface area contributed by atoms with Crippen LogP contribution >= 0.6 is 0 Å². The van der Waals surface area contributed by atoms with Crippen LogP contribution in [0.5, 0.6) is 5.75 Å². The van der Waals surface area contributed by atoms with Gasteiger partial charge in [-0.3, -0.25) is 4.79 Å². The van der Waals surface area contributed by atoms with E-state index in [9.17, 15) is 14.0 Å². The molecule has 5 nitrogen and oxygen atoms in total. The number of benzene rings is 1. The fourth-order valence-corrected chi connectivity index (χ4v) is 2.51. The number of hydrogen-bond donors (Lipinski definition) is 0. The third-order valence-electron chi connectivity index (χ3n) is 3.63. The Morgan fingerprint density at radius 1 is 1.29 bits per heavy atom. The van der Waals surface area contributed by atoms with Gasteiger partial charge in [-0.2, -0.15) is 0 Å². The number of amides is 1. The quantitative estimate of drug-likeness (QED) is 0.800. The van der Waals surface area contributed by atoms with E-state index in [0.29, 0.717) is 18.5 Å². The van der Waals surface area contributed by atoms with Gasteiger partial charge in [0.05, 0.1) is 14.2 Å². The minimum Gasteiger partial charge on any atom is -0.494 e. The van der Waals surface area contributed by atoms with Crippen molar-refractivity contribution in [3.05, 3.63) is 29.6 Å². The van der Waals surface area contributed by atoms with Gasteiger partial charge < -0.3 is 14.4 Å². The van der Waals surface area contributed by atoms with E-state index in [2.05, 4.69) is 0 Å². The van der Waals surface area contributed by atoms with E-state index in [4.69, 9.17) is 9.47 Å². The van der Waals surface area contributed by atoms with Crippen LogP contribution in [-0.2, 0) is 9.53 Å². The van der Waals surface area contributed by atoms with Crippen molar-refractivity contribution >= 4 is 11.9 Å². The summed E-state index contributed by atoms with van der Waals surface area (Å²) in [6, 6.07) is 3.35. The molecular weight excluding hydrogens is 277 g/mol. The lowest BCUT2D eigenvalue weighted by atomic mass is 10.0. The summed E-state index contributed by atoms with van der Waals surface area (Å²) in [5, 5.41) is 0. The van der Waals surface area contributed by atoms with Crippen molar-refractivity contribution in [1.29, 1.82) is 0 Å². The number of carbonyl (C=O) groups is 2. The van der Waals surface area contributed by atoms with Crippen molar-refractivity contribution < 1.29 is 23.5 Å². The number of methoxy groups -OCH3 is 2. The van der Waals surface area contributed by atoms with Crippen molar-refractivity contribution in [1.82, 2.24) is 4.90 Å². The van der Waals surface area contributed by atoms with E-state index in [-0.39, 0.29) is 11.7 Å². The number of piperidine rings is 1. The van der Waals surface area contributed by atoms with Crippen molar-refractivity contribution in [2.24, 2.45) is 0 Å². The molecule has 0 radical (unpaired) electrons. The highest BCUT2D eigenvalue weighted by Crippen LogP contribution is 2.24. The molecule has 0 saturated carbocycles. The third-order valence-corrected chi connectivity index (χ3v) is 3.63. The Balaban J connectivity index is 2.26. The van der Waals surface area contributed by atoms with Crippen LogP contribution in [0.25, 0.3) is 0 Å². The summed E-state index contributed by atoms with van der Waals surface area (Å²) in [4.78, 5) is 25.8. The summed E-state index contributed by atoms with van der Waals surface area (Å²) in [6.07, 6.45) is 2.28. The summed E-state index contributed by atoms with van der Waals surface area (Å²) in [5.74, 6) is -1.26. The first-order valence-electron chi connectivity index (χ1n) is 6.80. The Hall–Kier alpha value is -2.11. The van der Waals surface area contributed by atoms with Gasteiger partial charge >= 0.3 is 5.97 Å². The number of esters is 1. The van der Waals surface area contributed by atoms with E-state index >= 15 is 0 Å². The van der Waals surface area contributed by atoms with Gasteiger partial charge in [-0.1, -0.05) is 0 Å². The summed E-state index contributed by atoms with van der Waals surface area (Å²) < 4.78 is 23.0. The second-order valence-corrected chi connectivity index (χ2v) is 4.88. The molecule has 114 valence electrons. The Morgan fingerprint density at radius 3 is 2.71 bits per heavy atom.